The van der Waals surface area contributed by atoms with Gasteiger partial charge >= 0.3 is 47.4 Å². The number of halogens is 20. The average Bonchev–Trinajstić information content (AvgIpc) is 2.63. The van der Waals surface area contributed by atoms with Gasteiger partial charge in [0.15, 0.2) is 0 Å². The molecule has 0 aromatic carbocycles. The molecule has 0 aliphatic heterocycles. The molecule has 2 aliphatic rings. The lowest BCUT2D eigenvalue weighted by molar-refractivity contribution is -0.367. The van der Waals surface area contributed by atoms with Crippen LogP contribution in [0.25, 0.3) is 0 Å². The lowest BCUT2D eigenvalue weighted by Gasteiger charge is -2.39. The van der Waals surface area contributed by atoms with Crippen LogP contribution in [0, 0.1) is 0 Å². The van der Waals surface area contributed by atoms with Gasteiger partial charge in [0.2, 0.25) is 23.3 Å². The summed E-state index contributed by atoms with van der Waals surface area (Å²) in [4.78, 5) is 0. The van der Waals surface area contributed by atoms with Crippen molar-refractivity contribution in [3.8, 4) is 0 Å². The summed E-state index contributed by atoms with van der Waals surface area (Å²) in [7, 11) is 0. The first-order chi connectivity index (χ1) is 13.6. The van der Waals surface area contributed by atoms with Crippen LogP contribution in [0.5, 0.6) is 0 Å². The zero-order valence-electron chi connectivity index (χ0n) is 13.6. The molecule has 20 heteroatoms. The summed E-state index contributed by atoms with van der Waals surface area (Å²) >= 11 is 0. The summed E-state index contributed by atoms with van der Waals surface area (Å²) in [5.74, 6) is -67.8. The quantitative estimate of drug-likeness (QED) is 0.290. The van der Waals surface area contributed by atoms with Gasteiger partial charge in [0.25, 0.3) is 0 Å². The van der Waals surface area contributed by atoms with Gasteiger partial charge in [0.05, 0.1) is 0 Å². The van der Waals surface area contributed by atoms with E-state index in [1.54, 1.807) is 0 Å². The van der Waals surface area contributed by atoms with Crippen LogP contribution in [-0.2, 0) is 0 Å². The topological polar surface area (TPSA) is 0 Å². The molecule has 2 rings (SSSR count). The molecule has 0 aromatic rings. The number of rotatable bonds is 0. The monoisotopic (exact) mass is 524 g/mol. The molecular formula is C12F20. The van der Waals surface area contributed by atoms with E-state index in [2.05, 4.69) is 0 Å². The highest BCUT2D eigenvalue weighted by molar-refractivity contribution is 5.32. The molecule has 0 N–H and O–H groups in total. The van der Waals surface area contributed by atoms with E-state index < -0.39 is 70.7 Å². The van der Waals surface area contributed by atoms with E-state index >= 15 is 0 Å². The molecule has 0 spiro atoms. The van der Waals surface area contributed by atoms with Gasteiger partial charge in [-0.25, -0.2) is 17.6 Å². The Labute approximate surface area is 160 Å². The second-order valence-electron chi connectivity index (χ2n) is 5.85. The SMILES string of the molecule is FC1=C(F)C(F)(F)C(F)(F)C(F)(F)C1(F)F.FC1=C(F)C(F)(F)C(F)(F)C(F)(F)C1(F)F. The van der Waals surface area contributed by atoms with Gasteiger partial charge in [-0.2, -0.15) is 70.2 Å². The van der Waals surface area contributed by atoms with Crippen LogP contribution >= 0.6 is 0 Å². The minimum Gasteiger partial charge on any atom is -0.202 e. The Balaban J connectivity index is 0.000000320. The summed E-state index contributed by atoms with van der Waals surface area (Å²) in [5, 5.41) is 0. The van der Waals surface area contributed by atoms with Crippen molar-refractivity contribution in [2.45, 2.75) is 47.4 Å². The summed E-state index contributed by atoms with van der Waals surface area (Å²) in [6.45, 7) is 0. The molecule has 32 heavy (non-hydrogen) atoms. The standard InChI is InChI=1S/2C6F10/c2*7-1-2(8)4(11,12)6(15,16)5(13,14)3(1,9)10. The highest BCUT2D eigenvalue weighted by atomic mass is 19.4. The van der Waals surface area contributed by atoms with Crippen LogP contribution in [0.4, 0.5) is 87.8 Å². The van der Waals surface area contributed by atoms with Gasteiger partial charge in [0, 0.05) is 0 Å². The first kappa shape index (κ1) is 28.1. The third-order valence-corrected chi connectivity index (χ3v) is 3.85. The molecule has 0 saturated heterocycles. The predicted molar refractivity (Wildman–Crippen MR) is 58.1 cm³/mol. The molecule has 2 aliphatic carbocycles. The maximum absolute atomic E-state index is 12.3. The number of alkyl halides is 16. The molecule has 0 atom stereocenters. The smallest absolute Gasteiger partial charge is 0.202 e. The van der Waals surface area contributed by atoms with E-state index in [1.807, 2.05) is 0 Å². The fraction of sp³-hybridized carbons (Fsp3) is 0.667. The van der Waals surface area contributed by atoms with Crippen molar-refractivity contribution in [1.29, 1.82) is 0 Å². The molecule has 0 heterocycles. The first-order valence-corrected chi connectivity index (χ1v) is 6.78. The van der Waals surface area contributed by atoms with Crippen molar-refractivity contribution in [1.82, 2.24) is 0 Å². The zero-order valence-corrected chi connectivity index (χ0v) is 13.6. The molecule has 0 saturated carbocycles. The number of hydrogen-bond acceptors (Lipinski definition) is 0. The molecule has 0 amide bonds. The van der Waals surface area contributed by atoms with E-state index in [0.29, 0.717) is 0 Å². The average molecular weight is 524 g/mol. The summed E-state index contributed by atoms with van der Waals surface area (Å²) in [6.07, 6.45) is 0. The minimum atomic E-state index is -6.73. The van der Waals surface area contributed by atoms with Gasteiger partial charge in [-0.05, 0) is 0 Å². The predicted octanol–water partition coefficient (Wildman–Crippen LogP) is 7.38. The summed E-state index contributed by atoms with van der Waals surface area (Å²) in [6, 6.07) is 0. The van der Waals surface area contributed by atoms with Crippen LogP contribution in [-0.4, -0.2) is 47.4 Å². The van der Waals surface area contributed by atoms with E-state index in [0.717, 1.165) is 0 Å². The van der Waals surface area contributed by atoms with Crippen LogP contribution in [0.1, 0.15) is 0 Å². The van der Waals surface area contributed by atoms with Gasteiger partial charge in [-0.15, -0.1) is 0 Å². The molecule has 0 fully saturated rings. The van der Waals surface area contributed by atoms with Crippen LogP contribution < -0.4 is 0 Å². The third-order valence-electron chi connectivity index (χ3n) is 3.85. The maximum Gasteiger partial charge on any atom is 0.385 e. The Hall–Kier alpha value is -1.92. The Morgan fingerprint density at radius 3 is 0.438 bits per heavy atom. The first-order valence-electron chi connectivity index (χ1n) is 6.78. The molecule has 0 radical (unpaired) electrons. The van der Waals surface area contributed by atoms with Gasteiger partial charge in [-0.3, -0.25) is 0 Å². The molecule has 0 unspecified atom stereocenters. The fourth-order valence-electron chi connectivity index (χ4n) is 1.89. The molecule has 188 valence electrons. The van der Waals surface area contributed by atoms with Gasteiger partial charge in [0.1, 0.15) is 0 Å². The van der Waals surface area contributed by atoms with Crippen molar-refractivity contribution in [2.75, 3.05) is 0 Å². The third kappa shape index (κ3) is 2.91. The second-order valence-corrected chi connectivity index (χ2v) is 5.85. The molecule has 0 aromatic heterocycles. The van der Waals surface area contributed by atoms with E-state index in [9.17, 15) is 87.8 Å². The van der Waals surface area contributed by atoms with Gasteiger partial charge < -0.3 is 0 Å². The Morgan fingerprint density at radius 2 is 0.344 bits per heavy atom. The van der Waals surface area contributed by atoms with Crippen molar-refractivity contribution >= 4 is 0 Å². The Morgan fingerprint density at radius 1 is 0.250 bits per heavy atom. The van der Waals surface area contributed by atoms with E-state index in [-0.39, 0.29) is 0 Å². The summed E-state index contributed by atoms with van der Waals surface area (Å²) < 4.78 is 245. The Bertz CT molecular complexity index is 703. The molecule has 0 bridgehead atoms. The van der Waals surface area contributed by atoms with Crippen LogP contribution in [0.15, 0.2) is 23.3 Å². The van der Waals surface area contributed by atoms with E-state index in [1.165, 1.54) is 0 Å². The lowest BCUT2D eigenvalue weighted by atomic mass is 9.90. The molecular weight excluding hydrogens is 524 g/mol. The number of allylic oxidation sites excluding steroid dienone is 4. The highest BCUT2D eigenvalue weighted by Crippen LogP contribution is 2.63. The van der Waals surface area contributed by atoms with Gasteiger partial charge in [-0.1, -0.05) is 0 Å². The van der Waals surface area contributed by atoms with Crippen molar-refractivity contribution in [3.05, 3.63) is 23.3 Å². The van der Waals surface area contributed by atoms with Crippen LogP contribution in [0.2, 0.25) is 0 Å². The van der Waals surface area contributed by atoms with Crippen molar-refractivity contribution in [2.24, 2.45) is 0 Å². The highest BCUT2D eigenvalue weighted by Gasteiger charge is 2.88. The van der Waals surface area contributed by atoms with Crippen LogP contribution in [0.3, 0.4) is 0 Å². The maximum atomic E-state index is 12.3. The van der Waals surface area contributed by atoms with Crippen molar-refractivity contribution in [3.63, 3.8) is 0 Å². The second kappa shape index (κ2) is 6.80. The van der Waals surface area contributed by atoms with E-state index in [4.69, 9.17) is 0 Å². The normalized spacial score (nSPS) is 30.4. The zero-order chi connectivity index (χ0) is 26.3. The summed E-state index contributed by atoms with van der Waals surface area (Å²) in [5.41, 5.74) is 0. The lowest BCUT2D eigenvalue weighted by Crippen LogP contribution is -2.66. The number of hydrogen-bond donors (Lipinski definition) is 0. The molecule has 0 nitrogen and oxygen atoms in total. The van der Waals surface area contributed by atoms with Crippen molar-refractivity contribution < 1.29 is 87.8 Å². The Kier molecular flexibility index (Phi) is 5.97. The largest absolute Gasteiger partial charge is 0.385 e. The fourth-order valence-corrected chi connectivity index (χ4v) is 1.89. The minimum absolute atomic E-state index is 3.89.